The number of carbonyl (C=O) groups is 1. The highest BCUT2D eigenvalue weighted by Gasteiger charge is 2.28. The summed E-state index contributed by atoms with van der Waals surface area (Å²) in [4.78, 5) is 15.0. The van der Waals surface area contributed by atoms with Crippen molar-refractivity contribution >= 4 is 15.9 Å². The van der Waals surface area contributed by atoms with E-state index in [0.29, 0.717) is 37.8 Å². The maximum atomic E-state index is 13.4. The molecule has 1 amide bonds. The Hall–Kier alpha value is -2.78. The summed E-state index contributed by atoms with van der Waals surface area (Å²) >= 11 is 0. The maximum absolute atomic E-state index is 13.4. The molecular formula is C24H30N2O6S. The highest BCUT2D eigenvalue weighted by atomic mass is 32.2. The van der Waals surface area contributed by atoms with E-state index in [1.54, 1.807) is 11.0 Å². The van der Waals surface area contributed by atoms with Crippen molar-refractivity contribution in [3.63, 3.8) is 0 Å². The molecular weight excluding hydrogens is 444 g/mol. The van der Waals surface area contributed by atoms with Crippen molar-refractivity contribution in [3.05, 3.63) is 47.5 Å². The number of hydrogen-bond donors (Lipinski definition) is 1. The smallest absolute Gasteiger partial charge is 0.254 e. The molecule has 1 heterocycles. The van der Waals surface area contributed by atoms with E-state index in [-0.39, 0.29) is 28.2 Å². The van der Waals surface area contributed by atoms with E-state index in [4.69, 9.17) is 14.2 Å². The molecule has 0 aromatic heterocycles. The molecule has 0 radical (unpaired) electrons. The Morgan fingerprint density at radius 1 is 1.15 bits per heavy atom. The van der Waals surface area contributed by atoms with Crippen LogP contribution in [0.2, 0.25) is 0 Å². The molecule has 8 nitrogen and oxygen atoms in total. The number of hydrogen-bond acceptors (Lipinski definition) is 6. The zero-order valence-corrected chi connectivity index (χ0v) is 19.8. The largest absolute Gasteiger partial charge is 0.495 e. The first kappa shape index (κ1) is 23.4. The Morgan fingerprint density at radius 3 is 2.64 bits per heavy atom. The van der Waals surface area contributed by atoms with Gasteiger partial charge in [0.25, 0.3) is 5.91 Å². The van der Waals surface area contributed by atoms with Crippen LogP contribution in [0.4, 0.5) is 0 Å². The van der Waals surface area contributed by atoms with E-state index in [0.717, 1.165) is 31.2 Å². The van der Waals surface area contributed by atoms with E-state index in [2.05, 4.69) is 4.72 Å². The Balaban J connectivity index is 1.60. The fraction of sp³-hybridized carbons (Fsp3) is 0.458. The molecule has 2 aromatic rings. The van der Waals surface area contributed by atoms with Crippen molar-refractivity contribution in [1.29, 1.82) is 0 Å². The topological polar surface area (TPSA) is 94.2 Å². The lowest BCUT2D eigenvalue weighted by Crippen LogP contribution is -2.33. The Bertz CT molecular complexity index is 1110. The third-order valence-electron chi connectivity index (χ3n) is 6.05. The summed E-state index contributed by atoms with van der Waals surface area (Å²) in [5.41, 5.74) is 1.12. The number of rotatable bonds is 8. The minimum atomic E-state index is -3.83. The number of nitrogens with one attached hydrogen (secondary N) is 1. The van der Waals surface area contributed by atoms with Crippen molar-refractivity contribution in [2.75, 3.05) is 26.9 Å². The quantitative estimate of drug-likeness (QED) is 0.631. The van der Waals surface area contributed by atoms with Gasteiger partial charge >= 0.3 is 0 Å². The molecule has 9 heteroatoms. The van der Waals surface area contributed by atoms with Crippen molar-refractivity contribution in [3.8, 4) is 17.2 Å². The van der Waals surface area contributed by atoms with Gasteiger partial charge < -0.3 is 19.1 Å². The third kappa shape index (κ3) is 5.09. The average molecular weight is 475 g/mol. The van der Waals surface area contributed by atoms with Crippen LogP contribution in [0.25, 0.3) is 0 Å². The van der Waals surface area contributed by atoms with Crippen LogP contribution < -0.4 is 18.9 Å². The summed E-state index contributed by atoms with van der Waals surface area (Å²) in [7, 11) is -2.41. The Morgan fingerprint density at radius 2 is 1.91 bits per heavy atom. The van der Waals surface area contributed by atoms with Gasteiger partial charge in [-0.15, -0.1) is 0 Å². The number of nitrogens with zero attached hydrogens (tertiary/aromatic N) is 1. The molecule has 1 aliphatic carbocycles. The summed E-state index contributed by atoms with van der Waals surface area (Å²) in [5, 5.41) is 0. The number of ether oxygens (including phenoxy) is 3. The standard InChI is InChI=1S/C24H30N2O6S/c1-3-26(16-18-7-6-10-21-23(18)32-14-13-31-21)24(27)17-11-12-20(30-2)22(15-17)33(28,29)25-19-8-4-5-9-19/h6-7,10-12,15,19,25H,3-5,8-9,13-14,16H2,1-2H3. The van der Waals surface area contributed by atoms with E-state index in [1.165, 1.54) is 19.2 Å². The van der Waals surface area contributed by atoms with Crippen LogP contribution in [0, 0.1) is 0 Å². The van der Waals surface area contributed by atoms with Crippen molar-refractivity contribution < 1.29 is 27.4 Å². The first-order valence-electron chi connectivity index (χ1n) is 11.3. The average Bonchev–Trinajstić information content (AvgIpc) is 3.34. The summed E-state index contributed by atoms with van der Waals surface area (Å²) < 4.78 is 45.7. The number of amides is 1. The number of benzene rings is 2. The van der Waals surface area contributed by atoms with Gasteiger partial charge in [-0.2, -0.15) is 0 Å². The Kier molecular flexibility index (Phi) is 7.09. The Labute approximate surface area is 194 Å². The van der Waals surface area contributed by atoms with Gasteiger partial charge in [0, 0.05) is 30.3 Å². The van der Waals surface area contributed by atoms with Gasteiger partial charge in [0.15, 0.2) is 11.5 Å². The van der Waals surface area contributed by atoms with Crippen molar-refractivity contribution in [2.45, 2.75) is 50.1 Å². The molecule has 0 unspecified atom stereocenters. The summed E-state index contributed by atoms with van der Waals surface area (Å²) in [6, 6.07) is 10.1. The van der Waals surface area contributed by atoms with Gasteiger partial charge in [-0.25, -0.2) is 13.1 Å². The molecule has 33 heavy (non-hydrogen) atoms. The normalized spacial score (nSPS) is 15.9. The van der Waals surface area contributed by atoms with E-state index >= 15 is 0 Å². The maximum Gasteiger partial charge on any atom is 0.254 e. The predicted molar refractivity (Wildman–Crippen MR) is 123 cm³/mol. The first-order valence-corrected chi connectivity index (χ1v) is 12.8. The number of fused-ring (bicyclic) bond motifs is 1. The number of carbonyl (C=O) groups excluding carboxylic acids is 1. The van der Waals surface area contributed by atoms with Crippen LogP contribution in [-0.4, -0.2) is 52.1 Å². The van der Waals surface area contributed by atoms with Crippen LogP contribution in [0.5, 0.6) is 17.2 Å². The minimum absolute atomic E-state index is 0.0207. The highest BCUT2D eigenvalue weighted by Crippen LogP contribution is 2.35. The monoisotopic (exact) mass is 474 g/mol. The van der Waals surface area contributed by atoms with Crippen LogP contribution in [0.15, 0.2) is 41.3 Å². The molecule has 178 valence electrons. The molecule has 4 rings (SSSR count). The molecule has 0 saturated heterocycles. The van der Waals surface area contributed by atoms with Gasteiger partial charge in [0.05, 0.1) is 7.11 Å². The van der Waals surface area contributed by atoms with Crippen molar-refractivity contribution in [2.24, 2.45) is 0 Å². The fourth-order valence-electron chi connectivity index (χ4n) is 4.32. The van der Waals surface area contributed by atoms with Crippen LogP contribution in [0.1, 0.15) is 48.5 Å². The van der Waals surface area contributed by atoms with Crippen LogP contribution in [0.3, 0.4) is 0 Å². The zero-order chi connectivity index (χ0) is 23.4. The summed E-state index contributed by atoms with van der Waals surface area (Å²) in [6.45, 7) is 3.59. The van der Waals surface area contributed by atoms with Gasteiger partial charge in [-0.05, 0) is 44.0 Å². The van der Waals surface area contributed by atoms with E-state index < -0.39 is 10.0 Å². The summed E-state index contributed by atoms with van der Waals surface area (Å²) in [6.07, 6.45) is 3.65. The molecule has 1 N–H and O–H groups in total. The van der Waals surface area contributed by atoms with Gasteiger partial charge in [-0.1, -0.05) is 25.0 Å². The lowest BCUT2D eigenvalue weighted by molar-refractivity contribution is 0.0749. The van der Waals surface area contributed by atoms with Crippen molar-refractivity contribution in [1.82, 2.24) is 9.62 Å². The minimum Gasteiger partial charge on any atom is -0.495 e. The first-order chi connectivity index (χ1) is 15.9. The highest BCUT2D eigenvalue weighted by molar-refractivity contribution is 7.89. The third-order valence-corrected chi connectivity index (χ3v) is 7.60. The van der Waals surface area contributed by atoms with E-state index in [9.17, 15) is 13.2 Å². The molecule has 1 saturated carbocycles. The number of sulfonamides is 1. The molecule has 2 aromatic carbocycles. The van der Waals surface area contributed by atoms with Crippen LogP contribution in [-0.2, 0) is 16.6 Å². The fourth-order valence-corrected chi connectivity index (χ4v) is 5.82. The van der Waals surface area contributed by atoms with Gasteiger partial charge in [0.1, 0.15) is 23.9 Å². The second kappa shape index (κ2) is 10.0. The number of methoxy groups -OCH3 is 1. The molecule has 1 fully saturated rings. The second-order valence-electron chi connectivity index (χ2n) is 8.23. The number of para-hydroxylation sites is 1. The molecule has 1 aliphatic heterocycles. The molecule has 0 bridgehead atoms. The lowest BCUT2D eigenvalue weighted by atomic mass is 10.1. The van der Waals surface area contributed by atoms with Crippen LogP contribution >= 0.6 is 0 Å². The molecule has 0 atom stereocenters. The summed E-state index contributed by atoms with van der Waals surface area (Å²) in [5.74, 6) is 1.25. The lowest BCUT2D eigenvalue weighted by Gasteiger charge is -2.25. The van der Waals surface area contributed by atoms with Gasteiger partial charge in [-0.3, -0.25) is 4.79 Å². The SMILES string of the molecule is CCN(Cc1cccc2c1OCCO2)C(=O)c1ccc(OC)c(S(=O)(=O)NC2CCCC2)c1. The molecule has 2 aliphatic rings. The zero-order valence-electron chi connectivity index (χ0n) is 19.0. The second-order valence-corrected chi connectivity index (χ2v) is 9.91. The van der Waals surface area contributed by atoms with Gasteiger partial charge in [0.2, 0.25) is 10.0 Å². The van der Waals surface area contributed by atoms with E-state index in [1.807, 2.05) is 25.1 Å². The molecule has 0 spiro atoms. The predicted octanol–water partition coefficient (Wildman–Crippen LogP) is 3.35.